The number of halogens is 1. The summed E-state index contributed by atoms with van der Waals surface area (Å²) in [5, 5.41) is 6.55. The zero-order valence-corrected chi connectivity index (χ0v) is 17.9. The Morgan fingerprint density at radius 3 is 2.68 bits per heavy atom. The van der Waals surface area contributed by atoms with E-state index in [0.29, 0.717) is 28.4 Å². The van der Waals surface area contributed by atoms with Gasteiger partial charge in [-0.2, -0.15) is 4.98 Å². The van der Waals surface area contributed by atoms with Crippen molar-refractivity contribution in [3.05, 3.63) is 53.7 Å². The Labute approximate surface area is 178 Å². The van der Waals surface area contributed by atoms with Gasteiger partial charge in [0.15, 0.2) is 0 Å². The fraction of sp³-hybridized carbons (Fsp3) is 0.250. The molecule has 1 amide bonds. The molecule has 1 heterocycles. The third kappa shape index (κ3) is 6.01. The van der Waals surface area contributed by atoms with Gasteiger partial charge in [0, 0.05) is 24.1 Å². The fourth-order valence-corrected chi connectivity index (χ4v) is 3.33. The Morgan fingerprint density at radius 2 is 2.00 bits per heavy atom. The van der Waals surface area contributed by atoms with Gasteiger partial charge in [-0.05, 0) is 48.9 Å². The number of aromatic nitrogens is 2. The highest BCUT2D eigenvalue weighted by Crippen LogP contribution is 2.28. The van der Waals surface area contributed by atoms with Crippen LogP contribution in [0.15, 0.2) is 40.9 Å². The molecule has 0 unspecified atom stereocenters. The lowest BCUT2D eigenvalue weighted by Crippen LogP contribution is -2.14. The van der Waals surface area contributed by atoms with Gasteiger partial charge < -0.3 is 14.6 Å². The normalized spacial score (nSPS) is 11.2. The monoisotopic (exact) mass is 448 g/mol. The van der Waals surface area contributed by atoms with Crippen LogP contribution in [-0.2, 0) is 21.2 Å². The number of nitrogens with zero attached hydrogens (tertiary/aromatic N) is 2. The molecule has 0 aliphatic heterocycles. The lowest BCUT2D eigenvalue weighted by Gasteiger charge is -2.12. The van der Waals surface area contributed by atoms with Gasteiger partial charge in [-0.15, -0.1) is 0 Å². The first kappa shape index (κ1) is 22.2. The number of aryl methyl sites for hydroxylation is 2. The number of rotatable bonds is 8. The van der Waals surface area contributed by atoms with E-state index in [1.807, 2.05) is 0 Å². The molecule has 2 aromatic carbocycles. The quantitative estimate of drug-likeness (QED) is 0.543. The number of carbonyl (C=O) groups is 1. The van der Waals surface area contributed by atoms with Crippen LogP contribution in [0.1, 0.15) is 17.9 Å². The molecular formula is C20H21FN4O5S. The van der Waals surface area contributed by atoms with Gasteiger partial charge in [0.25, 0.3) is 0 Å². The molecule has 3 aromatic rings. The largest absolute Gasteiger partial charge is 0.495 e. The van der Waals surface area contributed by atoms with Crippen molar-refractivity contribution in [3.63, 3.8) is 0 Å². The molecule has 0 saturated carbocycles. The molecule has 0 spiro atoms. The average Bonchev–Trinajstić information content (AvgIpc) is 3.17. The summed E-state index contributed by atoms with van der Waals surface area (Å²) in [6.07, 6.45) is 1.28. The molecule has 0 radical (unpaired) electrons. The number of ether oxygens (including phenoxy) is 1. The molecule has 164 valence electrons. The molecule has 1 aromatic heterocycles. The third-order valence-electron chi connectivity index (χ3n) is 4.23. The second-order valence-corrected chi connectivity index (χ2v) is 8.56. The van der Waals surface area contributed by atoms with E-state index < -0.39 is 10.0 Å². The van der Waals surface area contributed by atoms with E-state index in [-0.39, 0.29) is 36.1 Å². The summed E-state index contributed by atoms with van der Waals surface area (Å²) < 4.78 is 49.0. The number of anilines is 2. The molecule has 11 heteroatoms. The fourth-order valence-electron chi connectivity index (χ4n) is 2.77. The predicted octanol–water partition coefficient (Wildman–Crippen LogP) is 3.14. The van der Waals surface area contributed by atoms with Crippen LogP contribution in [0.25, 0.3) is 11.4 Å². The second kappa shape index (κ2) is 9.13. The number of hydrogen-bond donors (Lipinski definition) is 2. The zero-order valence-electron chi connectivity index (χ0n) is 17.1. The molecule has 0 atom stereocenters. The Balaban J connectivity index is 1.62. The van der Waals surface area contributed by atoms with E-state index in [9.17, 15) is 17.6 Å². The third-order valence-corrected chi connectivity index (χ3v) is 4.82. The molecule has 0 saturated heterocycles. The van der Waals surface area contributed by atoms with E-state index in [4.69, 9.17) is 9.26 Å². The molecule has 0 aliphatic rings. The van der Waals surface area contributed by atoms with Gasteiger partial charge in [0.05, 0.1) is 19.1 Å². The van der Waals surface area contributed by atoms with Crippen LogP contribution in [-0.4, -0.2) is 37.8 Å². The number of carbonyl (C=O) groups excluding carboxylic acids is 1. The van der Waals surface area contributed by atoms with Crippen molar-refractivity contribution < 1.29 is 26.9 Å². The van der Waals surface area contributed by atoms with Gasteiger partial charge in [0.1, 0.15) is 11.6 Å². The number of benzene rings is 2. The first-order chi connectivity index (χ1) is 14.6. The average molecular weight is 448 g/mol. The summed E-state index contributed by atoms with van der Waals surface area (Å²) in [7, 11) is -2.11. The molecule has 0 fully saturated rings. The smallest absolute Gasteiger partial charge is 0.229 e. The van der Waals surface area contributed by atoms with Crippen LogP contribution >= 0.6 is 0 Å². The van der Waals surface area contributed by atoms with Crippen molar-refractivity contribution in [2.75, 3.05) is 23.4 Å². The molecule has 2 N–H and O–H groups in total. The Hall–Kier alpha value is -3.47. The van der Waals surface area contributed by atoms with Crippen LogP contribution in [0.2, 0.25) is 0 Å². The molecule has 0 aliphatic carbocycles. The van der Waals surface area contributed by atoms with Crippen molar-refractivity contribution in [1.29, 1.82) is 0 Å². The maximum atomic E-state index is 13.4. The maximum absolute atomic E-state index is 13.4. The van der Waals surface area contributed by atoms with Crippen LogP contribution in [0.5, 0.6) is 5.75 Å². The lowest BCUT2D eigenvalue weighted by atomic mass is 10.1. The summed E-state index contributed by atoms with van der Waals surface area (Å²) in [5.74, 6) is 0.245. The number of amides is 1. The molecular weight excluding hydrogens is 427 g/mol. The minimum Gasteiger partial charge on any atom is -0.495 e. The second-order valence-electron chi connectivity index (χ2n) is 6.81. The van der Waals surface area contributed by atoms with E-state index in [1.54, 1.807) is 25.1 Å². The highest BCUT2D eigenvalue weighted by atomic mass is 32.2. The van der Waals surface area contributed by atoms with Crippen LogP contribution in [0, 0.1) is 12.7 Å². The summed E-state index contributed by atoms with van der Waals surface area (Å²) in [4.78, 5) is 16.5. The Morgan fingerprint density at radius 1 is 1.23 bits per heavy atom. The number of hydrogen-bond acceptors (Lipinski definition) is 7. The first-order valence-corrected chi connectivity index (χ1v) is 11.1. The standard InChI is InChI=1S/C20H21FN4O5S/c1-12-10-13(4-6-15(12)21)20-23-19(30-24-20)9-8-18(26)22-14-5-7-17(29-2)16(11-14)25-31(3,27)28/h4-7,10-11,25H,8-9H2,1-3H3,(H,22,26). The van der Waals surface area contributed by atoms with Gasteiger partial charge in [-0.3, -0.25) is 9.52 Å². The van der Waals surface area contributed by atoms with Crippen molar-refractivity contribution in [3.8, 4) is 17.1 Å². The van der Waals surface area contributed by atoms with Crippen LogP contribution < -0.4 is 14.8 Å². The molecule has 9 nitrogen and oxygen atoms in total. The highest BCUT2D eigenvalue weighted by molar-refractivity contribution is 7.92. The number of sulfonamides is 1. The highest BCUT2D eigenvalue weighted by Gasteiger charge is 2.14. The minimum absolute atomic E-state index is 0.0605. The van der Waals surface area contributed by atoms with E-state index in [1.165, 1.54) is 25.3 Å². The van der Waals surface area contributed by atoms with Crippen molar-refractivity contribution >= 4 is 27.3 Å². The van der Waals surface area contributed by atoms with Crippen molar-refractivity contribution in [1.82, 2.24) is 10.1 Å². The van der Waals surface area contributed by atoms with Crippen molar-refractivity contribution in [2.45, 2.75) is 19.8 Å². The van der Waals surface area contributed by atoms with E-state index in [2.05, 4.69) is 20.2 Å². The Kier molecular flexibility index (Phi) is 6.54. The Bertz CT molecular complexity index is 1210. The summed E-state index contributed by atoms with van der Waals surface area (Å²) in [6.45, 7) is 1.64. The minimum atomic E-state index is -3.52. The van der Waals surface area contributed by atoms with Crippen molar-refractivity contribution in [2.24, 2.45) is 0 Å². The van der Waals surface area contributed by atoms with Gasteiger partial charge >= 0.3 is 0 Å². The topological polar surface area (TPSA) is 123 Å². The maximum Gasteiger partial charge on any atom is 0.229 e. The van der Waals surface area contributed by atoms with Crippen LogP contribution in [0.3, 0.4) is 0 Å². The van der Waals surface area contributed by atoms with Gasteiger partial charge in [-0.1, -0.05) is 5.16 Å². The summed E-state index contributed by atoms with van der Waals surface area (Å²) >= 11 is 0. The van der Waals surface area contributed by atoms with Crippen LogP contribution in [0.4, 0.5) is 15.8 Å². The first-order valence-electron chi connectivity index (χ1n) is 9.19. The summed E-state index contributed by atoms with van der Waals surface area (Å²) in [6, 6.07) is 9.08. The number of methoxy groups -OCH3 is 1. The molecule has 3 rings (SSSR count). The SMILES string of the molecule is COc1ccc(NC(=O)CCc2nc(-c3ccc(F)c(C)c3)no2)cc1NS(C)(=O)=O. The van der Waals surface area contributed by atoms with E-state index in [0.717, 1.165) is 6.26 Å². The summed E-state index contributed by atoms with van der Waals surface area (Å²) in [5.41, 5.74) is 1.68. The molecule has 0 bridgehead atoms. The van der Waals surface area contributed by atoms with E-state index >= 15 is 0 Å². The predicted molar refractivity (Wildman–Crippen MR) is 113 cm³/mol. The molecule has 31 heavy (non-hydrogen) atoms. The lowest BCUT2D eigenvalue weighted by molar-refractivity contribution is -0.116. The number of nitrogens with one attached hydrogen (secondary N) is 2. The van der Waals surface area contributed by atoms with Gasteiger partial charge in [0.2, 0.25) is 27.6 Å². The zero-order chi connectivity index (χ0) is 22.6. The van der Waals surface area contributed by atoms with Gasteiger partial charge in [-0.25, -0.2) is 12.8 Å².